The van der Waals surface area contributed by atoms with Crippen LogP contribution >= 0.6 is 0 Å². The molecule has 0 saturated carbocycles. The molecule has 1 aliphatic rings. The summed E-state index contributed by atoms with van der Waals surface area (Å²) in [5.41, 5.74) is 6.01. The highest BCUT2D eigenvalue weighted by molar-refractivity contribution is 5.71. The summed E-state index contributed by atoms with van der Waals surface area (Å²) in [6, 6.07) is 40.3. The Morgan fingerprint density at radius 1 is 0.673 bits per heavy atom. The summed E-state index contributed by atoms with van der Waals surface area (Å²) in [6.07, 6.45) is -1.44. The van der Waals surface area contributed by atoms with Gasteiger partial charge in [0.25, 0.3) is 0 Å². The molecular weight excluding hydrogens is 652 g/mol. The zero-order chi connectivity index (χ0) is 36.5. The number of carbonyl (C=O) groups is 1. The van der Waals surface area contributed by atoms with E-state index < -0.39 is 18.5 Å². The summed E-state index contributed by atoms with van der Waals surface area (Å²) in [5, 5.41) is 0. The Labute approximate surface area is 307 Å². The number of hydrogen-bond acceptors (Lipinski definition) is 7. The van der Waals surface area contributed by atoms with Crippen molar-refractivity contribution in [1.29, 1.82) is 0 Å². The van der Waals surface area contributed by atoms with Gasteiger partial charge >= 0.3 is 5.97 Å². The van der Waals surface area contributed by atoms with Gasteiger partial charge in [-0.3, -0.25) is 4.79 Å². The topological polar surface area (TPSA) is 72.5 Å². The van der Waals surface area contributed by atoms with Gasteiger partial charge in [-0.15, -0.1) is 0 Å². The minimum atomic E-state index is -0.807. The Hall–Kier alpha value is -5.27. The van der Waals surface area contributed by atoms with Crippen molar-refractivity contribution in [1.82, 2.24) is 0 Å². The number of rotatable bonds is 15. The van der Waals surface area contributed by atoms with E-state index >= 15 is 0 Å². The monoisotopic (exact) mass is 700 g/mol. The van der Waals surface area contributed by atoms with Crippen LogP contribution in [0.3, 0.4) is 0 Å². The lowest BCUT2D eigenvalue weighted by Crippen LogP contribution is -2.37. The van der Waals surface area contributed by atoms with Gasteiger partial charge in [-0.2, -0.15) is 0 Å². The molecule has 0 aliphatic carbocycles. The second kappa shape index (κ2) is 17.3. The standard InChI is InChI=1S/C45H48O7/c1-30(2)38-22-21-36(23-40(38)48-28-34-17-11-7-12-18-34)44-43(50-32(5)51-45(46)31(3)4)26-39-41(49-29-35-19-13-8-14-20-35)24-37(25-42(39)52-44)47-27-33-15-9-6-10-16-33/h6-25,30-32,43-44H,26-29H2,1-5H3/t32?,43-,44-/m1/s1. The molecule has 0 fully saturated rings. The lowest BCUT2D eigenvalue weighted by atomic mass is 9.91. The molecule has 7 nitrogen and oxygen atoms in total. The van der Waals surface area contributed by atoms with Crippen molar-refractivity contribution in [3.8, 4) is 23.0 Å². The van der Waals surface area contributed by atoms with Crippen molar-refractivity contribution in [2.75, 3.05) is 0 Å². The van der Waals surface area contributed by atoms with Crippen molar-refractivity contribution in [2.45, 2.75) is 85.3 Å². The fraction of sp³-hybridized carbons (Fsp3) is 0.311. The second-order valence-corrected chi connectivity index (χ2v) is 13.7. The molecule has 1 aliphatic heterocycles. The summed E-state index contributed by atoms with van der Waals surface area (Å²) >= 11 is 0. The van der Waals surface area contributed by atoms with E-state index in [0.717, 1.165) is 39.1 Å². The van der Waals surface area contributed by atoms with Gasteiger partial charge in [-0.1, -0.05) is 131 Å². The predicted octanol–water partition coefficient (Wildman–Crippen LogP) is 10.2. The van der Waals surface area contributed by atoms with Crippen molar-refractivity contribution >= 4 is 5.97 Å². The first-order valence-electron chi connectivity index (χ1n) is 18.1. The van der Waals surface area contributed by atoms with Crippen LogP contribution in [0.5, 0.6) is 23.0 Å². The molecule has 0 aromatic heterocycles. The Morgan fingerprint density at radius 2 is 1.23 bits per heavy atom. The van der Waals surface area contributed by atoms with Gasteiger partial charge in [0.1, 0.15) is 48.9 Å². The average Bonchev–Trinajstić information content (AvgIpc) is 3.16. The van der Waals surface area contributed by atoms with Gasteiger partial charge in [0, 0.05) is 24.1 Å². The van der Waals surface area contributed by atoms with Crippen LogP contribution in [0.4, 0.5) is 0 Å². The molecule has 52 heavy (non-hydrogen) atoms. The largest absolute Gasteiger partial charge is 0.489 e. The third kappa shape index (κ3) is 9.53. The Kier molecular flexibility index (Phi) is 12.1. The average molecular weight is 701 g/mol. The van der Waals surface area contributed by atoms with Crippen LogP contribution in [-0.2, 0) is 40.5 Å². The summed E-state index contributed by atoms with van der Waals surface area (Å²) in [5.74, 6) is 2.33. The molecule has 7 heteroatoms. The van der Waals surface area contributed by atoms with E-state index in [-0.39, 0.29) is 17.8 Å². The molecule has 5 aromatic rings. The van der Waals surface area contributed by atoms with E-state index in [1.807, 2.05) is 91.0 Å². The van der Waals surface area contributed by atoms with Crippen LogP contribution in [0.25, 0.3) is 0 Å². The number of fused-ring (bicyclic) bond motifs is 1. The summed E-state index contributed by atoms with van der Waals surface area (Å²) in [4.78, 5) is 12.6. The van der Waals surface area contributed by atoms with Crippen LogP contribution in [-0.4, -0.2) is 18.4 Å². The van der Waals surface area contributed by atoms with E-state index in [9.17, 15) is 4.79 Å². The highest BCUT2D eigenvalue weighted by atomic mass is 16.7. The zero-order valence-electron chi connectivity index (χ0n) is 30.6. The Morgan fingerprint density at radius 3 is 1.79 bits per heavy atom. The molecule has 0 spiro atoms. The summed E-state index contributed by atoms with van der Waals surface area (Å²) in [7, 11) is 0. The highest BCUT2D eigenvalue weighted by Gasteiger charge is 2.37. The Bertz CT molecular complexity index is 1890. The lowest BCUT2D eigenvalue weighted by Gasteiger charge is -2.36. The van der Waals surface area contributed by atoms with Gasteiger partial charge in [-0.25, -0.2) is 0 Å². The Balaban J connectivity index is 1.36. The van der Waals surface area contributed by atoms with Gasteiger partial charge < -0.3 is 28.4 Å². The highest BCUT2D eigenvalue weighted by Crippen LogP contribution is 2.45. The first-order chi connectivity index (χ1) is 25.2. The number of esters is 1. The maximum absolute atomic E-state index is 12.6. The number of hydrogen-bond donors (Lipinski definition) is 0. The molecular formula is C45H48O7. The van der Waals surface area contributed by atoms with Crippen LogP contribution in [0.2, 0.25) is 0 Å². The maximum atomic E-state index is 12.6. The minimum Gasteiger partial charge on any atom is -0.489 e. The van der Waals surface area contributed by atoms with Crippen LogP contribution < -0.4 is 18.9 Å². The van der Waals surface area contributed by atoms with E-state index in [2.05, 4.69) is 44.2 Å². The number of ether oxygens (including phenoxy) is 6. The van der Waals surface area contributed by atoms with E-state index in [1.54, 1.807) is 20.8 Å². The molecule has 5 aromatic carbocycles. The van der Waals surface area contributed by atoms with Crippen molar-refractivity contribution in [3.63, 3.8) is 0 Å². The van der Waals surface area contributed by atoms with E-state index in [0.29, 0.717) is 43.5 Å². The predicted molar refractivity (Wildman–Crippen MR) is 202 cm³/mol. The molecule has 0 radical (unpaired) electrons. The SMILES string of the molecule is CC(OC(=O)C(C)C)O[C@@H]1Cc2c(OCc3ccccc3)cc(OCc3ccccc3)cc2O[C@@H]1c1ccc(C(C)C)c(OCc2ccccc2)c1. The second-order valence-electron chi connectivity index (χ2n) is 13.7. The van der Waals surface area contributed by atoms with Crippen molar-refractivity contribution < 1.29 is 33.2 Å². The molecule has 6 rings (SSSR count). The van der Waals surface area contributed by atoms with Crippen LogP contribution in [0.1, 0.15) is 80.0 Å². The summed E-state index contributed by atoms with van der Waals surface area (Å²) < 4.78 is 38.4. The van der Waals surface area contributed by atoms with Gasteiger partial charge in [0.2, 0.25) is 6.29 Å². The molecule has 0 saturated heterocycles. The van der Waals surface area contributed by atoms with Gasteiger partial charge in [0.05, 0.1) is 5.92 Å². The fourth-order valence-electron chi connectivity index (χ4n) is 6.15. The maximum Gasteiger partial charge on any atom is 0.310 e. The number of carbonyl (C=O) groups excluding carboxylic acids is 1. The smallest absolute Gasteiger partial charge is 0.310 e. The van der Waals surface area contributed by atoms with Crippen LogP contribution in [0, 0.1) is 5.92 Å². The van der Waals surface area contributed by atoms with E-state index in [1.165, 1.54) is 0 Å². The molecule has 1 heterocycles. The lowest BCUT2D eigenvalue weighted by molar-refractivity contribution is -0.198. The fourth-order valence-corrected chi connectivity index (χ4v) is 6.15. The molecule has 1 unspecified atom stereocenters. The quantitative estimate of drug-likeness (QED) is 0.0795. The van der Waals surface area contributed by atoms with E-state index in [4.69, 9.17) is 28.4 Å². The van der Waals surface area contributed by atoms with Crippen LogP contribution in [0.15, 0.2) is 121 Å². The molecule has 0 N–H and O–H groups in total. The molecule has 270 valence electrons. The third-order valence-electron chi connectivity index (χ3n) is 8.97. The third-order valence-corrected chi connectivity index (χ3v) is 8.97. The molecule has 0 bridgehead atoms. The summed E-state index contributed by atoms with van der Waals surface area (Å²) in [6.45, 7) is 10.9. The van der Waals surface area contributed by atoms with Gasteiger partial charge in [0.15, 0.2) is 6.10 Å². The van der Waals surface area contributed by atoms with Crippen molar-refractivity contribution in [2.24, 2.45) is 5.92 Å². The van der Waals surface area contributed by atoms with Gasteiger partial charge in [-0.05, 0) is 46.7 Å². The number of benzene rings is 5. The zero-order valence-corrected chi connectivity index (χ0v) is 30.6. The minimum absolute atomic E-state index is 0.240. The first kappa shape index (κ1) is 36.5. The first-order valence-corrected chi connectivity index (χ1v) is 18.1. The van der Waals surface area contributed by atoms with Crippen molar-refractivity contribution in [3.05, 3.63) is 155 Å². The molecule has 0 amide bonds. The normalized spacial score (nSPS) is 15.8. The molecule has 3 atom stereocenters.